The van der Waals surface area contributed by atoms with Crippen LogP contribution < -0.4 is 5.32 Å². The van der Waals surface area contributed by atoms with Crippen LogP contribution in [-0.4, -0.2) is 72.0 Å². The number of amides is 1. The SMILES string of the molecule is O=C1CN(CC=C2CN(C(C(=O)C3CC3)c3ccccc3F)CCC2O)CCN1. The molecule has 0 bridgehead atoms. The fourth-order valence-electron chi connectivity index (χ4n) is 4.22. The van der Waals surface area contributed by atoms with Crippen molar-refractivity contribution in [1.82, 2.24) is 15.1 Å². The van der Waals surface area contributed by atoms with Crippen molar-refractivity contribution in [2.45, 2.75) is 31.4 Å². The molecule has 2 heterocycles. The predicted molar refractivity (Wildman–Crippen MR) is 107 cm³/mol. The number of aliphatic hydroxyl groups is 1. The number of benzene rings is 1. The van der Waals surface area contributed by atoms with Crippen molar-refractivity contribution in [2.75, 3.05) is 39.3 Å². The second kappa shape index (κ2) is 8.73. The van der Waals surface area contributed by atoms with Gasteiger partial charge in [0.1, 0.15) is 5.82 Å². The maximum Gasteiger partial charge on any atom is 0.234 e. The smallest absolute Gasteiger partial charge is 0.234 e. The molecule has 4 rings (SSSR count). The lowest BCUT2D eigenvalue weighted by molar-refractivity contribution is -0.126. The van der Waals surface area contributed by atoms with Gasteiger partial charge in [-0.2, -0.15) is 0 Å². The third kappa shape index (κ3) is 4.74. The van der Waals surface area contributed by atoms with E-state index in [-0.39, 0.29) is 23.4 Å². The highest BCUT2D eigenvalue weighted by Gasteiger charge is 2.41. The Bertz CT molecular complexity index is 808. The summed E-state index contributed by atoms with van der Waals surface area (Å²) in [7, 11) is 0. The first-order chi connectivity index (χ1) is 14.0. The first-order valence-corrected chi connectivity index (χ1v) is 10.4. The van der Waals surface area contributed by atoms with E-state index >= 15 is 0 Å². The van der Waals surface area contributed by atoms with Crippen LogP contribution in [0.4, 0.5) is 4.39 Å². The molecule has 0 radical (unpaired) electrons. The average Bonchev–Trinajstić information content (AvgIpc) is 3.55. The van der Waals surface area contributed by atoms with E-state index in [2.05, 4.69) is 5.32 Å². The number of aliphatic hydroxyl groups excluding tert-OH is 1. The van der Waals surface area contributed by atoms with Crippen molar-refractivity contribution < 1.29 is 19.1 Å². The first-order valence-electron chi connectivity index (χ1n) is 10.4. The van der Waals surface area contributed by atoms with Crippen LogP contribution in [0.25, 0.3) is 0 Å². The number of nitrogens with zero attached hydrogens (tertiary/aromatic N) is 2. The molecular formula is C22H28FN3O3. The molecule has 0 spiro atoms. The highest BCUT2D eigenvalue weighted by atomic mass is 19.1. The summed E-state index contributed by atoms with van der Waals surface area (Å²) in [4.78, 5) is 28.6. The summed E-state index contributed by atoms with van der Waals surface area (Å²) in [6.07, 6.45) is 3.66. The molecule has 2 atom stereocenters. The molecule has 1 saturated carbocycles. The molecule has 1 aromatic carbocycles. The first kappa shape index (κ1) is 20.2. The van der Waals surface area contributed by atoms with Gasteiger partial charge in [-0.15, -0.1) is 0 Å². The van der Waals surface area contributed by atoms with E-state index in [1.807, 2.05) is 15.9 Å². The number of hydrogen-bond acceptors (Lipinski definition) is 5. The minimum absolute atomic E-state index is 0.00937. The summed E-state index contributed by atoms with van der Waals surface area (Å²) >= 11 is 0. The zero-order valence-electron chi connectivity index (χ0n) is 16.5. The minimum Gasteiger partial charge on any atom is -0.389 e. The monoisotopic (exact) mass is 401 g/mol. The number of hydrogen-bond donors (Lipinski definition) is 2. The van der Waals surface area contributed by atoms with Crippen LogP contribution in [0.5, 0.6) is 0 Å². The van der Waals surface area contributed by atoms with Crippen molar-refractivity contribution in [3.05, 3.63) is 47.3 Å². The number of piperazine rings is 1. The molecule has 1 amide bonds. The van der Waals surface area contributed by atoms with Crippen LogP contribution in [0.15, 0.2) is 35.9 Å². The standard InChI is InChI=1S/C22H28FN3O3/c23-18-4-2-1-3-17(18)21(22(29)15-5-6-15)26-11-8-19(27)16(13-26)7-10-25-12-9-24-20(28)14-25/h1-4,7,15,19,21,27H,5-6,8-14H2,(H,24,28). The largest absolute Gasteiger partial charge is 0.389 e. The molecule has 29 heavy (non-hydrogen) atoms. The highest BCUT2D eigenvalue weighted by molar-refractivity contribution is 5.89. The Balaban J connectivity index is 1.52. The molecule has 1 aromatic rings. The number of likely N-dealkylation sites (tertiary alicyclic amines) is 1. The number of ketones is 1. The summed E-state index contributed by atoms with van der Waals surface area (Å²) in [6.45, 7) is 3.30. The van der Waals surface area contributed by atoms with Gasteiger partial charge in [-0.3, -0.25) is 19.4 Å². The summed E-state index contributed by atoms with van der Waals surface area (Å²) in [5.41, 5.74) is 1.26. The molecule has 156 valence electrons. The van der Waals surface area contributed by atoms with Gasteiger partial charge in [-0.1, -0.05) is 24.3 Å². The van der Waals surface area contributed by atoms with Crippen molar-refractivity contribution in [2.24, 2.45) is 5.92 Å². The molecule has 3 aliphatic rings. The molecule has 0 aromatic heterocycles. The Labute approximate surface area is 170 Å². The van der Waals surface area contributed by atoms with E-state index in [4.69, 9.17) is 0 Å². The van der Waals surface area contributed by atoms with Crippen molar-refractivity contribution in [1.29, 1.82) is 0 Å². The van der Waals surface area contributed by atoms with Crippen molar-refractivity contribution in [3.8, 4) is 0 Å². The fraction of sp³-hybridized carbons (Fsp3) is 0.545. The van der Waals surface area contributed by atoms with Crippen LogP contribution in [-0.2, 0) is 9.59 Å². The average molecular weight is 401 g/mol. The number of rotatable bonds is 6. The van der Waals surface area contributed by atoms with E-state index in [0.29, 0.717) is 44.7 Å². The number of carbonyl (C=O) groups is 2. The molecule has 7 heteroatoms. The number of carbonyl (C=O) groups excluding carboxylic acids is 2. The zero-order chi connectivity index (χ0) is 20.4. The van der Waals surface area contributed by atoms with Crippen LogP contribution >= 0.6 is 0 Å². The van der Waals surface area contributed by atoms with Crippen molar-refractivity contribution >= 4 is 11.7 Å². The van der Waals surface area contributed by atoms with Gasteiger partial charge in [-0.05, 0) is 30.9 Å². The van der Waals surface area contributed by atoms with E-state index in [0.717, 1.165) is 25.0 Å². The normalized spacial score (nSPS) is 26.3. The predicted octanol–water partition coefficient (Wildman–Crippen LogP) is 1.27. The maximum atomic E-state index is 14.6. The molecule has 2 aliphatic heterocycles. The lowest BCUT2D eigenvalue weighted by atomic mass is 9.92. The Morgan fingerprint density at radius 2 is 2.03 bits per heavy atom. The van der Waals surface area contributed by atoms with Gasteiger partial charge in [0.25, 0.3) is 0 Å². The lowest BCUT2D eigenvalue weighted by Gasteiger charge is -2.37. The van der Waals surface area contributed by atoms with Crippen LogP contribution in [0.2, 0.25) is 0 Å². The Morgan fingerprint density at radius 3 is 2.76 bits per heavy atom. The number of Topliss-reactive ketones (excluding diaryl/α,β-unsaturated/α-hetero) is 1. The van der Waals surface area contributed by atoms with Crippen molar-refractivity contribution in [3.63, 3.8) is 0 Å². The minimum atomic E-state index is -0.611. The van der Waals surface area contributed by atoms with E-state index in [1.165, 1.54) is 6.07 Å². The molecule has 6 nitrogen and oxygen atoms in total. The van der Waals surface area contributed by atoms with Gasteiger partial charge < -0.3 is 10.4 Å². The molecule has 1 aliphatic carbocycles. The Morgan fingerprint density at radius 1 is 1.24 bits per heavy atom. The quantitative estimate of drug-likeness (QED) is 0.703. The van der Waals surface area contributed by atoms with Crippen LogP contribution in [0.1, 0.15) is 30.9 Å². The summed E-state index contributed by atoms with van der Waals surface area (Å²) in [5, 5.41) is 13.3. The molecule has 2 unspecified atom stereocenters. The van der Waals surface area contributed by atoms with Gasteiger partial charge >= 0.3 is 0 Å². The molecular weight excluding hydrogens is 373 g/mol. The van der Waals surface area contributed by atoms with E-state index in [1.54, 1.807) is 18.2 Å². The summed E-state index contributed by atoms with van der Waals surface area (Å²) < 4.78 is 14.6. The second-order valence-electron chi connectivity index (χ2n) is 8.24. The van der Waals surface area contributed by atoms with E-state index < -0.39 is 12.1 Å². The van der Waals surface area contributed by atoms with Gasteiger partial charge in [0, 0.05) is 44.2 Å². The fourth-order valence-corrected chi connectivity index (χ4v) is 4.22. The maximum absolute atomic E-state index is 14.6. The summed E-state index contributed by atoms with van der Waals surface area (Å²) in [5.74, 6) is -0.248. The highest BCUT2D eigenvalue weighted by Crippen LogP contribution is 2.39. The number of nitrogens with one attached hydrogen (secondary N) is 1. The van der Waals surface area contributed by atoms with Gasteiger partial charge in [0.15, 0.2) is 5.78 Å². The van der Waals surface area contributed by atoms with Crippen LogP contribution in [0, 0.1) is 11.7 Å². The molecule has 2 N–H and O–H groups in total. The van der Waals surface area contributed by atoms with Gasteiger partial charge in [0.05, 0.1) is 18.7 Å². The lowest BCUT2D eigenvalue weighted by Crippen LogP contribution is -2.48. The zero-order valence-corrected chi connectivity index (χ0v) is 16.5. The third-order valence-electron chi connectivity index (χ3n) is 6.05. The number of piperidine rings is 1. The second-order valence-corrected chi connectivity index (χ2v) is 8.24. The van der Waals surface area contributed by atoms with Gasteiger partial charge in [0.2, 0.25) is 5.91 Å². The Kier molecular flexibility index (Phi) is 6.08. The molecule has 3 fully saturated rings. The van der Waals surface area contributed by atoms with E-state index in [9.17, 15) is 19.1 Å². The summed E-state index contributed by atoms with van der Waals surface area (Å²) in [6, 6.07) is 5.89. The van der Waals surface area contributed by atoms with Crippen LogP contribution in [0.3, 0.4) is 0 Å². The topological polar surface area (TPSA) is 72.9 Å². The van der Waals surface area contributed by atoms with Gasteiger partial charge in [-0.25, -0.2) is 4.39 Å². The molecule has 2 saturated heterocycles. The third-order valence-corrected chi connectivity index (χ3v) is 6.05. The number of halogens is 1. The Hall–Kier alpha value is -2.09.